The molecular formula is C19H34N6O8. The first-order valence-electron chi connectivity index (χ1n) is 10.3. The number of aliphatic hydroxyl groups is 1. The lowest BCUT2D eigenvalue weighted by atomic mass is 10.0. The number of aliphatic hydroxyl groups excluding tert-OH is 1. The van der Waals surface area contributed by atoms with Crippen molar-refractivity contribution in [3.63, 3.8) is 0 Å². The van der Waals surface area contributed by atoms with Crippen molar-refractivity contribution in [1.82, 2.24) is 16.0 Å². The average Bonchev–Trinajstić information content (AvgIpc) is 2.67. The summed E-state index contributed by atoms with van der Waals surface area (Å²) >= 11 is 0. The van der Waals surface area contributed by atoms with Crippen molar-refractivity contribution in [1.29, 1.82) is 0 Å². The molecule has 0 aliphatic heterocycles. The molecule has 5 unspecified atom stereocenters. The van der Waals surface area contributed by atoms with E-state index in [4.69, 9.17) is 17.2 Å². The number of carbonyl (C=O) groups is 6. The minimum atomic E-state index is -1.55. The van der Waals surface area contributed by atoms with Crippen LogP contribution in [0.2, 0.25) is 0 Å². The maximum atomic E-state index is 12.7. The third kappa shape index (κ3) is 11.8. The van der Waals surface area contributed by atoms with E-state index in [1.807, 2.05) is 0 Å². The first-order chi connectivity index (χ1) is 15.1. The molecule has 33 heavy (non-hydrogen) atoms. The molecule has 0 bridgehead atoms. The molecule has 5 amide bonds. The van der Waals surface area contributed by atoms with Crippen LogP contribution in [0, 0.1) is 5.92 Å². The van der Waals surface area contributed by atoms with Crippen LogP contribution in [0.1, 0.15) is 46.5 Å². The summed E-state index contributed by atoms with van der Waals surface area (Å²) in [5.41, 5.74) is 15.7. The van der Waals surface area contributed by atoms with E-state index >= 15 is 0 Å². The quantitative estimate of drug-likeness (QED) is 0.116. The third-order valence-corrected chi connectivity index (χ3v) is 4.49. The second-order valence-electron chi connectivity index (χ2n) is 8.09. The second kappa shape index (κ2) is 14.0. The SMILES string of the molecule is CC(C)CC(NC(=O)C(CCC(N)=O)NC(=O)C(CC(N)=O)NC(=O)C(N)C(C)O)C(=O)O. The van der Waals surface area contributed by atoms with Gasteiger partial charge in [0.25, 0.3) is 0 Å². The molecular weight excluding hydrogens is 440 g/mol. The van der Waals surface area contributed by atoms with E-state index in [0.29, 0.717) is 0 Å². The molecule has 0 aromatic rings. The van der Waals surface area contributed by atoms with Crippen molar-refractivity contribution in [3.05, 3.63) is 0 Å². The van der Waals surface area contributed by atoms with Crippen molar-refractivity contribution < 1.29 is 39.0 Å². The Labute approximate surface area is 191 Å². The first-order valence-corrected chi connectivity index (χ1v) is 10.3. The lowest BCUT2D eigenvalue weighted by Gasteiger charge is -2.25. The summed E-state index contributed by atoms with van der Waals surface area (Å²) in [4.78, 5) is 71.5. The van der Waals surface area contributed by atoms with Gasteiger partial charge in [-0.1, -0.05) is 13.8 Å². The number of amides is 5. The third-order valence-electron chi connectivity index (χ3n) is 4.49. The number of carboxylic acid groups (broad SMARTS) is 1. The van der Waals surface area contributed by atoms with Gasteiger partial charge in [-0.3, -0.25) is 24.0 Å². The minimum absolute atomic E-state index is 0.0710. The van der Waals surface area contributed by atoms with Crippen molar-refractivity contribution in [2.45, 2.75) is 76.7 Å². The van der Waals surface area contributed by atoms with Crippen molar-refractivity contribution in [2.75, 3.05) is 0 Å². The van der Waals surface area contributed by atoms with Gasteiger partial charge in [0.2, 0.25) is 29.5 Å². The van der Waals surface area contributed by atoms with E-state index < -0.39 is 72.2 Å². The van der Waals surface area contributed by atoms with E-state index in [-0.39, 0.29) is 25.2 Å². The second-order valence-corrected chi connectivity index (χ2v) is 8.09. The molecule has 0 aliphatic carbocycles. The van der Waals surface area contributed by atoms with Gasteiger partial charge in [-0.2, -0.15) is 0 Å². The molecule has 0 spiro atoms. The summed E-state index contributed by atoms with van der Waals surface area (Å²) in [6.45, 7) is 4.75. The maximum absolute atomic E-state index is 12.7. The monoisotopic (exact) mass is 474 g/mol. The van der Waals surface area contributed by atoms with Crippen molar-refractivity contribution >= 4 is 35.5 Å². The Morgan fingerprint density at radius 2 is 1.27 bits per heavy atom. The van der Waals surface area contributed by atoms with E-state index in [2.05, 4.69) is 16.0 Å². The molecule has 14 heteroatoms. The molecule has 11 N–H and O–H groups in total. The van der Waals surface area contributed by atoms with Gasteiger partial charge in [0.05, 0.1) is 12.5 Å². The summed E-state index contributed by atoms with van der Waals surface area (Å²) in [6.07, 6.45) is -2.40. The standard InChI is InChI=1S/C19H34N6O8/c1-8(2)6-12(19(32)33)25-16(29)10(4-5-13(20)27)23-17(30)11(7-14(21)28)24-18(31)15(22)9(3)26/h8-12,15,26H,4-7,22H2,1-3H3,(H2,20,27)(H2,21,28)(H,23,30)(H,24,31)(H,25,29)(H,32,33). The first kappa shape index (κ1) is 29.7. The smallest absolute Gasteiger partial charge is 0.326 e. The highest BCUT2D eigenvalue weighted by Gasteiger charge is 2.32. The molecule has 14 nitrogen and oxygen atoms in total. The predicted molar refractivity (Wildman–Crippen MR) is 115 cm³/mol. The highest BCUT2D eigenvalue weighted by Crippen LogP contribution is 2.07. The van der Waals surface area contributed by atoms with Crippen LogP contribution in [-0.2, 0) is 28.8 Å². The molecule has 5 atom stereocenters. The average molecular weight is 475 g/mol. The van der Waals surface area contributed by atoms with E-state index in [0.717, 1.165) is 0 Å². The van der Waals surface area contributed by atoms with E-state index in [1.165, 1.54) is 6.92 Å². The minimum Gasteiger partial charge on any atom is -0.480 e. The maximum Gasteiger partial charge on any atom is 0.326 e. The summed E-state index contributed by atoms with van der Waals surface area (Å²) < 4.78 is 0. The number of rotatable bonds is 15. The molecule has 0 radical (unpaired) electrons. The highest BCUT2D eigenvalue weighted by molar-refractivity contribution is 5.96. The molecule has 0 saturated carbocycles. The number of hydrogen-bond donors (Lipinski definition) is 8. The fraction of sp³-hybridized carbons (Fsp3) is 0.684. The summed E-state index contributed by atoms with van der Waals surface area (Å²) in [7, 11) is 0. The van der Waals surface area contributed by atoms with Gasteiger partial charge in [0.1, 0.15) is 24.2 Å². The lowest BCUT2D eigenvalue weighted by molar-refractivity contribution is -0.143. The van der Waals surface area contributed by atoms with Gasteiger partial charge in [-0.15, -0.1) is 0 Å². The molecule has 0 fully saturated rings. The van der Waals surface area contributed by atoms with Crippen LogP contribution in [0.25, 0.3) is 0 Å². The number of nitrogens with one attached hydrogen (secondary N) is 3. The fourth-order valence-corrected chi connectivity index (χ4v) is 2.69. The largest absolute Gasteiger partial charge is 0.480 e. The summed E-state index contributed by atoms with van der Waals surface area (Å²) in [6, 6.07) is -5.61. The highest BCUT2D eigenvalue weighted by atomic mass is 16.4. The van der Waals surface area contributed by atoms with Crippen LogP contribution in [-0.4, -0.2) is 76.0 Å². The van der Waals surface area contributed by atoms with Crippen LogP contribution in [0.3, 0.4) is 0 Å². The Morgan fingerprint density at radius 1 is 0.788 bits per heavy atom. The van der Waals surface area contributed by atoms with Gasteiger partial charge in [-0.25, -0.2) is 4.79 Å². The van der Waals surface area contributed by atoms with Gasteiger partial charge in [0, 0.05) is 6.42 Å². The zero-order valence-corrected chi connectivity index (χ0v) is 18.9. The van der Waals surface area contributed by atoms with Crippen LogP contribution in [0.15, 0.2) is 0 Å². The normalized spacial score (nSPS) is 15.5. The number of primary amides is 2. The van der Waals surface area contributed by atoms with Crippen LogP contribution >= 0.6 is 0 Å². The molecule has 0 aromatic heterocycles. The Hall–Kier alpha value is -3.26. The Balaban J connectivity index is 5.61. The van der Waals surface area contributed by atoms with Crippen LogP contribution < -0.4 is 33.2 Å². The molecule has 0 rings (SSSR count). The van der Waals surface area contributed by atoms with E-state index in [9.17, 15) is 39.0 Å². The number of carbonyl (C=O) groups excluding carboxylic acids is 5. The Bertz CT molecular complexity index is 742. The molecule has 0 saturated heterocycles. The Kier molecular flexibility index (Phi) is 12.6. The van der Waals surface area contributed by atoms with E-state index in [1.54, 1.807) is 13.8 Å². The predicted octanol–water partition coefficient (Wildman–Crippen LogP) is -3.58. The molecule has 188 valence electrons. The topological polar surface area (TPSA) is 257 Å². The number of nitrogens with two attached hydrogens (primary N) is 3. The number of carboxylic acids is 1. The van der Waals surface area contributed by atoms with Crippen LogP contribution in [0.4, 0.5) is 0 Å². The molecule has 0 heterocycles. The Morgan fingerprint density at radius 3 is 1.70 bits per heavy atom. The van der Waals surface area contributed by atoms with Crippen molar-refractivity contribution in [2.24, 2.45) is 23.1 Å². The lowest BCUT2D eigenvalue weighted by Crippen LogP contribution is -2.58. The van der Waals surface area contributed by atoms with Gasteiger partial charge < -0.3 is 43.4 Å². The van der Waals surface area contributed by atoms with Gasteiger partial charge in [-0.05, 0) is 25.7 Å². The number of aliphatic carboxylic acids is 1. The van der Waals surface area contributed by atoms with Crippen molar-refractivity contribution in [3.8, 4) is 0 Å². The fourth-order valence-electron chi connectivity index (χ4n) is 2.69. The summed E-state index contributed by atoms with van der Waals surface area (Å²) in [5.74, 6) is -5.96. The van der Waals surface area contributed by atoms with Crippen LogP contribution in [0.5, 0.6) is 0 Å². The molecule has 0 aliphatic rings. The zero-order valence-electron chi connectivity index (χ0n) is 18.9. The van der Waals surface area contributed by atoms with Gasteiger partial charge in [0.15, 0.2) is 0 Å². The molecule has 0 aromatic carbocycles. The number of hydrogen-bond acceptors (Lipinski definition) is 8. The summed E-state index contributed by atoms with van der Waals surface area (Å²) in [5, 5.41) is 25.5. The van der Waals surface area contributed by atoms with Gasteiger partial charge >= 0.3 is 5.97 Å². The zero-order chi connectivity index (χ0) is 25.9.